The minimum Gasteiger partial charge on any atom is -0.370 e. The van der Waals surface area contributed by atoms with Gasteiger partial charge in [-0.05, 0) is 25.6 Å². The molecule has 16 heavy (non-hydrogen) atoms. The zero-order valence-electron chi connectivity index (χ0n) is 9.82. The lowest BCUT2D eigenvalue weighted by Crippen LogP contribution is -2.49. The van der Waals surface area contributed by atoms with Crippen LogP contribution in [0.2, 0.25) is 0 Å². The molecular formula is C12H20N4. The van der Waals surface area contributed by atoms with Crippen molar-refractivity contribution in [3.8, 4) is 0 Å². The van der Waals surface area contributed by atoms with Crippen LogP contribution in [0.1, 0.15) is 6.42 Å². The normalized spacial score (nSPS) is 21.9. The zero-order valence-corrected chi connectivity index (χ0v) is 9.82. The van der Waals surface area contributed by atoms with Crippen molar-refractivity contribution in [2.75, 3.05) is 38.5 Å². The third-order valence-corrected chi connectivity index (χ3v) is 2.92. The van der Waals surface area contributed by atoms with Crippen molar-refractivity contribution in [2.24, 2.45) is 0 Å². The largest absolute Gasteiger partial charge is 0.370 e. The maximum atomic E-state index is 4.23. The molecule has 1 fully saturated rings. The molecule has 0 bridgehead atoms. The van der Waals surface area contributed by atoms with Crippen LogP contribution in [0.4, 0.5) is 5.82 Å². The van der Waals surface area contributed by atoms with Crippen molar-refractivity contribution < 1.29 is 0 Å². The highest BCUT2D eigenvalue weighted by molar-refractivity contribution is 5.32. The molecule has 2 N–H and O–H groups in total. The number of aromatic nitrogens is 1. The molecule has 2 heterocycles. The lowest BCUT2D eigenvalue weighted by Gasteiger charge is -2.30. The Kier molecular flexibility index (Phi) is 4.13. The number of piperazine rings is 1. The van der Waals surface area contributed by atoms with Gasteiger partial charge < -0.3 is 15.5 Å². The van der Waals surface area contributed by atoms with E-state index in [1.807, 2.05) is 24.4 Å². The van der Waals surface area contributed by atoms with E-state index in [1.165, 1.54) is 0 Å². The van der Waals surface area contributed by atoms with Gasteiger partial charge in [0, 0.05) is 38.4 Å². The third kappa shape index (κ3) is 3.47. The fourth-order valence-corrected chi connectivity index (χ4v) is 2.03. The summed E-state index contributed by atoms with van der Waals surface area (Å²) in [5.41, 5.74) is 0. The highest BCUT2D eigenvalue weighted by Crippen LogP contribution is 2.03. The number of nitrogens with zero attached hydrogens (tertiary/aromatic N) is 2. The fourth-order valence-electron chi connectivity index (χ4n) is 2.03. The van der Waals surface area contributed by atoms with Crippen LogP contribution in [0.15, 0.2) is 24.4 Å². The van der Waals surface area contributed by atoms with Gasteiger partial charge in [0.2, 0.25) is 0 Å². The summed E-state index contributed by atoms with van der Waals surface area (Å²) in [5.74, 6) is 0.965. The molecule has 0 aliphatic carbocycles. The quantitative estimate of drug-likeness (QED) is 0.787. The van der Waals surface area contributed by atoms with E-state index in [1.54, 1.807) is 0 Å². The van der Waals surface area contributed by atoms with Crippen LogP contribution in [-0.4, -0.2) is 49.2 Å². The van der Waals surface area contributed by atoms with Gasteiger partial charge in [-0.25, -0.2) is 4.98 Å². The topological polar surface area (TPSA) is 40.2 Å². The van der Waals surface area contributed by atoms with Gasteiger partial charge in [-0.2, -0.15) is 0 Å². The van der Waals surface area contributed by atoms with Crippen molar-refractivity contribution in [3.05, 3.63) is 24.4 Å². The Labute approximate surface area is 97.1 Å². The molecule has 1 atom stereocenters. The first-order chi connectivity index (χ1) is 7.84. The van der Waals surface area contributed by atoms with Crippen LogP contribution < -0.4 is 10.6 Å². The second-order valence-electron chi connectivity index (χ2n) is 4.34. The third-order valence-electron chi connectivity index (χ3n) is 2.92. The van der Waals surface area contributed by atoms with E-state index in [-0.39, 0.29) is 0 Å². The average molecular weight is 220 g/mol. The van der Waals surface area contributed by atoms with Gasteiger partial charge in [0.25, 0.3) is 0 Å². The van der Waals surface area contributed by atoms with Crippen LogP contribution in [-0.2, 0) is 0 Å². The maximum absolute atomic E-state index is 4.23. The van der Waals surface area contributed by atoms with E-state index in [2.05, 4.69) is 27.6 Å². The molecule has 4 nitrogen and oxygen atoms in total. The first-order valence-electron chi connectivity index (χ1n) is 5.91. The molecule has 2 rings (SSSR count). The Morgan fingerprint density at radius 2 is 2.50 bits per heavy atom. The fraction of sp³-hybridized carbons (Fsp3) is 0.583. The van der Waals surface area contributed by atoms with Gasteiger partial charge in [0.15, 0.2) is 0 Å². The Bertz CT molecular complexity index is 301. The van der Waals surface area contributed by atoms with Gasteiger partial charge >= 0.3 is 0 Å². The monoisotopic (exact) mass is 220 g/mol. The Morgan fingerprint density at radius 1 is 1.56 bits per heavy atom. The van der Waals surface area contributed by atoms with Gasteiger partial charge in [-0.1, -0.05) is 6.07 Å². The molecule has 0 aromatic carbocycles. The number of pyridine rings is 1. The van der Waals surface area contributed by atoms with Crippen LogP contribution in [0, 0.1) is 0 Å². The van der Waals surface area contributed by atoms with Crippen molar-refractivity contribution in [1.82, 2.24) is 15.2 Å². The van der Waals surface area contributed by atoms with E-state index < -0.39 is 0 Å². The lowest BCUT2D eigenvalue weighted by atomic mass is 10.1. The molecule has 4 heteroatoms. The summed E-state index contributed by atoms with van der Waals surface area (Å²) in [6.07, 6.45) is 2.95. The molecular weight excluding hydrogens is 200 g/mol. The second kappa shape index (κ2) is 5.82. The minimum atomic E-state index is 0.606. The van der Waals surface area contributed by atoms with E-state index >= 15 is 0 Å². The smallest absolute Gasteiger partial charge is 0.125 e. The molecule has 1 saturated heterocycles. The van der Waals surface area contributed by atoms with Gasteiger partial charge in [-0.3, -0.25) is 0 Å². The Morgan fingerprint density at radius 3 is 3.25 bits per heavy atom. The lowest BCUT2D eigenvalue weighted by molar-refractivity contribution is 0.234. The molecule has 0 saturated carbocycles. The van der Waals surface area contributed by atoms with Crippen LogP contribution in [0.3, 0.4) is 0 Å². The number of anilines is 1. The van der Waals surface area contributed by atoms with E-state index in [4.69, 9.17) is 0 Å². The predicted molar refractivity (Wildman–Crippen MR) is 66.6 cm³/mol. The number of hydrogen-bond donors (Lipinski definition) is 2. The minimum absolute atomic E-state index is 0.606. The van der Waals surface area contributed by atoms with Crippen molar-refractivity contribution in [3.63, 3.8) is 0 Å². The summed E-state index contributed by atoms with van der Waals surface area (Å²) in [6, 6.07) is 6.54. The summed E-state index contributed by atoms with van der Waals surface area (Å²) >= 11 is 0. The summed E-state index contributed by atoms with van der Waals surface area (Å²) in [4.78, 5) is 6.61. The van der Waals surface area contributed by atoms with Gasteiger partial charge in [0.1, 0.15) is 5.82 Å². The molecule has 1 aliphatic rings. The predicted octanol–water partition coefficient (Wildman–Crippen LogP) is 0.787. The molecule has 0 amide bonds. The second-order valence-corrected chi connectivity index (χ2v) is 4.34. The molecule has 0 spiro atoms. The van der Waals surface area contributed by atoms with Crippen LogP contribution in [0.25, 0.3) is 0 Å². The van der Waals surface area contributed by atoms with E-state index in [0.717, 1.165) is 38.4 Å². The Balaban J connectivity index is 1.68. The van der Waals surface area contributed by atoms with E-state index in [9.17, 15) is 0 Å². The number of likely N-dealkylation sites (N-methyl/N-ethyl adjacent to an activating group) is 1. The maximum Gasteiger partial charge on any atom is 0.125 e. The number of hydrogen-bond acceptors (Lipinski definition) is 4. The summed E-state index contributed by atoms with van der Waals surface area (Å²) in [7, 11) is 2.18. The van der Waals surface area contributed by atoms with Crippen molar-refractivity contribution in [1.29, 1.82) is 0 Å². The molecule has 0 radical (unpaired) electrons. The molecule has 88 valence electrons. The molecule has 1 aromatic rings. The standard InChI is InChI=1S/C12H20N4/c1-16-9-8-13-11(10-16)5-7-15-12-4-2-3-6-14-12/h2-4,6,11,13H,5,7-10H2,1H3,(H,14,15). The first-order valence-corrected chi connectivity index (χ1v) is 5.91. The highest BCUT2D eigenvalue weighted by atomic mass is 15.2. The number of rotatable bonds is 4. The summed E-state index contributed by atoms with van der Waals surface area (Å²) in [6.45, 7) is 4.38. The first kappa shape index (κ1) is 11.4. The van der Waals surface area contributed by atoms with Crippen molar-refractivity contribution in [2.45, 2.75) is 12.5 Å². The molecule has 1 unspecified atom stereocenters. The highest BCUT2D eigenvalue weighted by Gasteiger charge is 2.15. The summed E-state index contributed by atoms with van der Waals surface area (Å²) in [5, 5.41) is 6.87. The molecule has 1 aromatic heterocycles. The van der Waals surface area contributed by atoms with Gasteiger partial charge in [0.05, 0.1) is 0 Å². The van der Waals surface area contributed by atoms with Crippen LogP contribution in [0.5, 0.6) is 0 Å². The Hall–Kier alpha value is -1.13. The zero-order chi connectivity index (χ0) is 11.2. The van der Waals surface area contributed by atoms with E-state index in [0.29, 0.717) is 6.04 Å². The van der Waals surface area contributed by atoms with Crippen molar-refractivity contribution >= 4 is 5.82 Å². The van der Waals surface area contributed by atoms with Gasteiger partial charge in [-0.15, -0.1) is 0 Å². The SMILES string of the molecule is CN1CCNC(CCNc2ccccn2)C1. The average Bonchev–Trinajstić information content (AvgIpc) is 2.30. The van der Waals surface area contributed by atoms with Crippen LogP contribution >= 0.6 is 0 Å². The number of nitrogens with one attached hydrogen (secondary N) is 2. The summed E-state index contributed by atoms with van der Waals surface area (Å²) < 4.78 is 0. The molecule has 1 aliphatic heterocycles.